The summed E-state index contributed by atoms with van der Waals surface area (Å²) in [5.41, 5.74) is 0.256. The summed E-state index contributed by atoms with van der Waals surface area (Å²) in [7, 11) is -3.54. The maximum atomic E-state index is 12.3. The Morgan fingerprint density at radius 1 is 1.13 bits per heavy atom. The van der Waals surface area contributed by atoms with Gasteiger partial charge in [-0.05, 0) is 24.3 Å². The Balaban J connectivity index is 2.73. The number of benzene rings is 1. The predicted molar refractivity (Wildman–Crippen MR) is 85.5 cm³/mol. The summed E-state index contributed by atoms with van der Waals surface area (Å²) in [5, 5.41) is 2.51. The molecule has 0 spiro atoms. The fraction of sp³-hybridized carbons (Fsp3) is 0.467. The Hall–Kier alpha value is -1.93. The van der Waals surface area contributed by atoms with E-state index in [9.17, 15) is 18.0 Å². The van der Waals surface area contributed by atoms with Crippen LogP contribution in [-0.2, 0) is 19.6 Å². The van der Waals surface area contributed by atoms with Gasteiger partial charge in [0.15, 0.2) is 0 Å². The molecule has 1 rings (SSSR count). The molecule has 0 aliphatic carbocycles. The number of rotatable bonds is 8. The fourth-order valence-corrected chi connectivity index (χ4v) is 3.39. The van der Waals surface area contributed by atoms with Gasteiger partial charge in [0.05, 0.1) is 17.0 Å². The molecule has 1 aromatic carbocycles. The Labute approximate surface area is 136 Å². The number of hydrogen-bond donors (Lipinski definition) is 1. The van der Waals surface area contributed by atoms with Crippen molar-refractivity contribution < 1.29 is 22.7 Å². The summed E-state index contributed by atoms with van der Waals surface area (Å²) in [6.45, 7) is 5.95. The van der Waals surface area contributed by atoms with Gasteiger partial charge < -0.3 is 10.1 Å². The molecule has 1 aromatic rings. The van der Waals surface area contributed by atoms with Gasteiger partial charge in [-0.15, -0.1) is 0 Å². The highest BCUT2D eigenvalue weighted by Gasteiger charge is 2.21. The van der Waals surface area contributed by atoms with Crippen molar-refractivity contribution in [2.45, 2.75) is 25.7 Å². The molecule has 0 atom stereocenters. The number of nitrogens with one attached hydrogen (secondary N) is 1. The number of carbonyl (C=O) groups excluding carboxylic acids is 2. The number of amides is 1. The van der Waals surface area contributed by atoms with Crippen molar-refractivity contribution in [3.8, 4) is 0 Å². The zero-order valence-corrected chi connectivity index (χ0v) is 14.4. The van der Waals surface area contributed by atoms with Crippen molar-refractivity contribution in [3.05, 3.63) is 29.8 Å². The number of esters is 1. The van der Waals surface area contributed by atoms with E-state index >= 15 is 0 Å². The Morgan fingerprint density at radius 3 is 2.17 bits per heavy atom. The van der Waals surface area contributed by atoms with E-state index in [0.717, 1.165) is 0 Å². The maximum Gasteiger partial charge on any atom is 0.338 e. The molecule has 0 saturated heterocycles. The van der Waals surface area contributed by atoms with Crippen LogP contribution in [0.3, 0.4) is 0 Å². The lowest BCUT2D eigenvalue weighted by Crippen LogP contribution is -2.30. The molecule has 0 unspecified atom stereocenters. The molecule has 1 N–H and O–H groups in total. The van der Waals surface area contributed by atoms with Gasteiger partial charge in [-0.25, -0.2) is 13.2 Å². The third-order valence-corrected chi connectivity index (χ3v) is 5.21. The summed E-state index contributed by atoms with van der Waals surface area (Å²) in [6, 6.07) is 5.60. The lowest BCUT2D eigenvalue weighted by Gasteiger charge is -2.18. The second-order valence-corrected chi connectivity index (χ2v) is 6.67. The molecular formula is C15H22N2O5S. The summed E-state index contributed by atoms with van der Waals surface area (Å²) >= 11 is 0. The number of carbonyl (C=O) groups is 2. The summed E-state index contributed by atoms with van der Waals surface area (Å²) in [4.78, 5) is 22.6. The van der Waals surface area contributed by atoms with Crippen LogP contribution in [0.5, 0.6) is 0 Å². The third kappa shape index (κ3) is 5.33. The van der Waals surface area contributed by atoms with Gasteiger partial charge in [-0.3, -0.25) is 4.79 Å². The van der Waals surface area contributed by atoms with Crippen LogP contribution in [-0.4, -0.2) is 50.8 Å². The van der Waals surface area contributed by atoms with E-state index in [1.54, 1.807) is 13.8 Å². The minimum absolute atomic E-state index is 0.0535. The van der Waals surface area contributed by atoms with Gasteiger partial charge in [0.2, 0.25) is 15.9 Å². The highest BCUT2D eigenvalue weighted by atomic mass is 32.2. The highest BCUT2D eigenvalue weighted by molar-refractivity contribution is 7.89. The van der Waals surface area contributed by atoms with E-state index < -0.39 is 16.0 Å². The zero-order chi connectivity index (χ0) is 17.5. The van der Waals surface area contributed by atoms with Crippen LogP contribution in [0.2, 0.25) is 0 Å². The number of ether oxygens (including phenoxy) is 1. The monoisotopic (exact) mass is 342 g/mol. The van der Waals surface area contributed by atoms with E-state index in [1.807, 2.05) is 0 Å². The molecule has 0 saturated carbocycles. The SMILES string of the molecule is CCN(CC)S(=O)(=O)c1ccc(C(=O)OCCNC(C)=O)cc1. The van der Waals surface area contributed by atoms with Gasteiger partial charge in [0, 0.05) is 20.0 Å². The smallest absolute Gasteiger partial charge is 0.338 e. The van der Waals surface area contributed by atoms with Crippen molar-refractivity contribution in [1.29, 1.82) is 0 Å². The maximum absolute atomic E-state index is 12.3. The van der Waals surface area contributed by atoms with Gasteiger partial charge in [-0.1, -0.05) is 13.8 Å². The molecular weight excluding hydrogens is 320 g/mol. The van der Waals surface area contributed by atoms with Gasteiger partial charge in [0.1, 0.15) is 6.61 Å². The summed E-state index contributed by atoms with van der Waals surface area (Å²) in [6.07, 6.45) is 0. The average Bonchev–Trinajstić information content (AvgIpc) is 2.52. The number of sulfonamides is 1. The van der Waals surface area contributed by atoms with E-state index in [1.165, 1.54) is 35.5 Å². The van der Waals surface area contributed by atoms with Crippen molar-refractivity contribution in [2.75, 3.05) is 26.2 Å². The van der Waals surface area contributed by atoms with Crippen LogP contribution in [0.4, 0.5) is 0 Å². The van der Waals surface area contributed by atoms with Gasteiger partial charge in [-0.2, -0.15) is 4.31 Å². The molecule has 128 valence electrons. The molecule has 1 amide bonds. The molecule has 0 heterocycles. The standard InChI is InChI=1S/C15H22N2O5S/c1-4-17(5-2)23(20,21)14-8-6-13(7-9-14)15(19)22-11-10-16-12(3)18/h6-9H,4-5,10-11H2,1-3H3,(H,16,18). The molecule has 0 aliphatic heterocycles. The molecule has 7 nitrogen and oxygen atoms in total. The Kier molecular flexibility index (Phi) is 7.18. The Morgan fingerprint density at radius 2 is 1.70 bits per heavy atom. The second-order valence-electron chi connectivity index (χ2n) is 4.73. The average molecular weight is 342 g/mol. The lowest BCUT2D eigenvalue weighted by molar-refractivity contribution is -0.119. The number of nitrogens with zero attached hydrogens (tertiary/aromatic N) is 1. The largest absolute Gasteiger partial charge is 0.460 e. The molecule has 0 aliphatic rings. The van der Waals surface area contributed by atoms with E-state index in [2.05, 4.69) is 5.32 Å². The van der Waals surface area contributed by atoms with Crippen molar-refractivity contribution >= 4 is 21.9 Å². The number of hydrogen-bond acceptors (Lipinski definition) is 5. The zero-order valence-electron chi connectivity index (χ0n) is 13.5. The minimum atomic E-state index is -3.54. The van der Waals surface area contributed by atoms with Crippen molar-refractivity contribution in [2.24, 2.45) is 0 Å². The quantitative estimate of drug-likeness (QED) is 0.562. The first-order chi connectivity index (χ1) is 10.8. The molecule has 0 radical (unpaired) electrons. The van der Waals surface area contributed by atoms with Crippen LogP contribution in [0, 0.1) is 0 Å². The van der Waals surface area contributed by atoms with Crippen molar-refractivity contribution in [1.82, 2.24) is 9.62 Å². The van der Waals surface area contributed by atoms with E-state index in [4.69, 9.17) is 4.74 Å². The van der Waals surface area contributed by atoms with Gasteiger partial charge >= 0.3 is 5.97 Å². The first kappa shape index (κ1) is 19.1. The topological polar surface area (TPSA) is 92.8 Å². The van der Waals surface area contributed by atoms with Crippen LogP contribution in [0.25, 0.3) is 0 Å². The normalized spacial score (nSPS) is 11.3. The van der Waals surface area contributed by atoms with E-state index in [0.29, 0.717) is 13.1 Å². The van der Waals surface area contributed by atoms with Crippen LogP contribution in [0.15, 0.2) is 29.2 Å². The molecule has 0 aromatic heterocycles. The lowest BCUT2D eigenvalue weighted by atomic mass is 10.2. The third-order valence-electron chi connectivity index (χ3n) is 3.14. The second kappa shape index (κ2) is 8.64. The van der Waals surface area contributed by atoms with Crippen LogP contribution >= 0.6 is 0 Å². The first-order valence-electron chi connectivity index (χ1n) is 7.34. The van der Waals surface area contributed by atoms with E-state index in [-0.39, 0.29) is 29.5 Å². The van der Waals surface area contributed by atoms with Gasteiger partial charge in [0.25, 0.3) is 0 Å². The summed E-state index contributed by atoms with van der Waals surface area (Å²) < 4.78 is 31.0. The summed E-state index contributed by atoms with van der Waals surface area (Å²) in [5.74, 6) is -0.769. The van der Waals surface area contributed by atoms with Crippen molar-refractivity contribution in [3.63, 3.8) is 0 Å². The molecule has 8 heteroatoms. The fourth-order valence-electron chi connectivity index (χ4n) is 1.93. The van der Waals surface area contributed by atoms with Crippen LogP contribution in [0.1, 0.15) is 31.1 Å². The van der Waals surface area contributed by atoms with Crippen LogP contribution < -0.4 is 5.32 Å². The molecule has 0 bridgehead atoms. The first-order valence-corrected chi connectivity index (χ1v) is 8.78. The minimum Gasteiger partial charge on any atom is -0.460 e. The molecule has 23 heavy (non-hydrogen) atoms. The Bertz CT molecular complexity index is 636. The predicted octanol–water partition coefficient (Wildman–Crippen LogP) is 1.01. The molecule has 0 fully saturated rings. The highest BCUT2D eigenvalue weighted by Crippen LogP contribution is 2.16.